The molecular formula is C11H12ClFO3. The van der Waals surface area contributed by atoms with E-state index >= 15 is 0 Å². The van der Waals surface area contributed by atoms with E-state index in [2.05, 4.69) is 0 Å². The summed E-state index contributed by atoms with van der Waals surface area (Å²) in [6, 6.07) is 3.62. The summed E-state index contributed by atoms with van der Waals surface area (Å²) < 4.78 is 13.0. The topological polar surface area (TPSA) is 57.5 Å². The number of hydrogen-bond donors (Lipinski definition) is 2. The molecule has 2 unspecified atom stereocenters. The van der Waals surface area contributed by atoms with E-state index in [0.29, 0.717) is 11.8 Å². The van der Waals surface area contributed by atoms with Crippen molar-refractivity contribution < 1.29 is 19.4 Å². The fraction of sp³-hybridized carbons (Fsp3) is 0.364. The molecule has 0 aliphatic rings. The molecular weight excluding hydrogens is 235 g/mol. The molecule has 1 aromatic carbocycles. The highest BCUT2D eigenvalue weighted by atomic mass is 35.5. The zero-order chi connectivity index (χ0) is 12.1. The number of carbonyl (C=O) groups excluding carboxylic acids is 1. The molecule has 0 bridgehead atoms. The monoisotopic (exact) mass is 246 g/mol. The molecule has 0 saturated heterocycles. The third-order valence-electron chi connectivity index (χ3n) is 2.26. The van der Waals surface area contributed by atoms with Crippen molar-refractivity contribution >= 4 is 17.9 Å². The van der Waals surface area contributed by atoms with Crippen LogP contribution in [-0.4, -0.2) is 28.5 Å². The smallest absolute Gasteiger partial charge is 0.153 e. The molecule has 0 aromatic heterocycles. The molecule has 0 aliphatic carbocycles. The summed E-state index contributed by atoms with van der Waals surface area (Å²) in [5.41, 5.74) is 0.149. The Morgan fingerprint density at radius 2 is 2.12 bits per heavy atom. The quantitative estimate of drug-likeness (QED) is 0.614. The van der Waals surface area contributed by atoms with Crippen LogP contribution in [0, 0.1) is 5.82 Å². The van der Waals surface area contributed by atoms with Gasteiger partial charge in [0.05, 0.1) is 11.7 Å². The molecule has 2 atom stereocenters. The van der Waals surface area contributed by atoms with Crippen molar-refractivity contribution in [2.75, 3.05) is 5.88 Å². The molecule has 1 aromatic rings. The van der Waals surface area contributed by atoms with Gasteiger partial charge in [-0.25, -0.2) is 4.39 Å². The summed E-state index contributed by atoms with van der Waals surface area (Å²) in [5, 5.41) is 19.2. The molecule has 0 aliphatic heterocycles. The van der Waals surface area contributed by atoms with E-state index in [1.54, 1.807) is 0 Å². The molecule has 0 amide bonds. The van der Waals surface area contributed by atoms with E-state index in [0.717, 1.165) is 6.07 Å². The number of rotatable bonds is 5. The maximum Gasteiger partial charge on any atom is 0.153 e. The summed E-state index contributed by atoms with van der Waals surface area (Å²) in [4.78, 5) is 10.5. The van der Waals surface area contributed by atoms with E-state index in [1.165, 1.54) is 12.1 Å². The average Bonchev–Trinajstić information content (AvgIpc) is 2.29. The maximum atomic E-state index is 13.0. The van der Waals surface area contributed by atoms with Crippen LogP contribution in [0.3, 0.4) is 0 Å². The van der Waals surface area contributed by atoms with Gasteiger partial charge in [0.2, 0.25) is 0 Å². The zero-order valence-electron chi connectivity index (χ0n) is 8.44. The normalized spacial score (nSPS) is 14.5. The molecule has 2 N–H and O–H groups in total. The Morgan fingerprint density at radius 1 is 1.44 bits per heavy atom. The lowest BCUT2D eigenvalue weighted by Gasteiger charge is -2.17. The van der Waals surface area contributed by atoms with Crippen LogP contribution in [0.2, 0.25) is 0 Å². The van der Waals surface area contributed by atoms with Gasteiger partial charge in [-0.1, -0.05) is 6.07 Å². The van der Waals surface area contributed by atoms with Crippen LogP contribution in [0.15, 0.2) is 18.2 Å². The summed E-state index contributed by atoms with van der Waals surface area (Å²) in [6.07, 6.45) is -1.61. The highest BCUT2D eigenvalue weighted by Crippen LogP contribution is 2.21. The lowest BCUT2D eigenvalue weighted by Crippen LogP contribution is -2.18. The van der Waals surface area contributed by atoms with Crippen molar-refractivity contribution in [3.63, 3.8) is 0 Å². The Balaban J connectivity index is 2.91. The number of aldehydes is 1. The lowest BCUT2D eigenvalue weighted by atomic mass is 10.0. The molecule has 16 heavy (non-hydrogen) atoms. The first-order valence-electron chi connectivity index (χ1n) is 4.77. The van der Waals surface area contributed by atoms with E-state index in [4.69, 9.17) is 11.6 Å². The van der Waals surface area contributed by atoms with Crippen LogP contribution in [0.4, 0.5) is 4.39 Å². The lowest BCUT2D eigenvalue weighted by molar-refractivity contribution is 0.0169. The van der Waals surface area contributed by atoms with Crippen molar-refractivity contribution in [3.05, 3.63) is 35.1 Å². The van der Waals surface area contributed by atoms with Crippen LogP contribution in [-0.2, 0) is 0 Å². The molecule has 0 spiro atoms. The van der Waals surface area contributed by atoms with Crippen LogP contribution in [0.25, 0.3) is 0 Å². The van der Waals surface area contributed by atoms with Gasteiger partial charge < -0.3 is 10.2 Å². The fourth-order valence-electron chi connectivity index (χ4n) is 1.33. The third-order valence-corrected chi connectivity index (χ3v) is 2.48. The van der Waals surface area contributed by atoms with E-state index in [9.17, 15) is 19.4 Å². The van der Waals surface area contributed by atoms with Crippen molar-refractivity contribution in [2.24, 2.45) is 0 Å². The molecule has 1 rings (SSSR count). The summed E-state index contributed by atoms with van der Waals surface area (Å²) >= 11 is 5.42. The molecule has 5 heteroatoms. The van der Waals surface area contributed by atoms with Gasteiger partial charge in [-0.05, 0) is 24.1 Å². The van der Waals surface area contributed by atoms with Gasteiger partial charge in [0.15, 0.2) is 6.29 Å². The van der Waals surface area contributed by atoms with Gasteiger partial charge in [-0.2, -0.15) is 0 Å². The van der Waals surface area contributed by atoms with Crippen molar-refractivity contribution in [1.29, 1.82) is 0 Å². The Bertz CT molecular complexity index is 370. The standard InChI is InChI=1S/C11H12ClFO3/c12-4-3-10(15)11(16)7-1-2-9(13)8(5-7)6-14/h1-2,5-6,10-11,15-16H,3-4H2. The van der Waals surface area contributed by atoms with Gasteiger partial charge in [0.1, 0.15) is 11.9 Å². The van der Waals surface area contributed by atoms with Crippen molar-refractivity contribution in [3.8, 4) is 0 Å². The van der Waals surface area contributed by atoms with E-state index in [1.807, 2.05) is 0 Å². The number of alkyl halides is 1. The molecule has 0 radical (unpaired) electrons. The van der Waals surface area contributed by atoms with Crippen molar-refractivity contribution in [1.82, 2.24) is 0 Å². The summed E-state index contributed by atoms with van der Waals surface area (Å²) in [6.45, 7) is 0. The minimum atomic E-state index is -1.17. The first kappa shape index (κ1) is 13.1. The molecule has 0 heterocycles. The highest BCUT2D eigenvalue weighted by molar-refractivity contribution is 6.17. The summed E-state index contributed by atoms with van der Waals surface area (Å²) in [5.74, 6) is -0.447. The molecule has 0 saturated carbocycles. The predicted octanol–water partition coefficient (Wildman–Crippen LogP) is 1.66. The van der Waals surface area contributed by atoms with Gasteiger partial charge in [0.25, 0.3) is 0 Å². The van der Waals surface area contributed by atoms with Crippen LogP contribution >= 0.6 is 11.6 Å². The number of carbonyl (C=O) groups is 1. The molecule has 88 valence electrons. The number of aliphatic hydroxyl groups excluding tert-OH is 2. The fourth-order valence-corrected chi connectivity index (χ4v) is 1.55. The minimum absolute atomic E-state index is 0.144. The SMILES string of the molecule is O=Cc1cc(C(O)C(O)CCCl)ccc1F. The van der Waals surface area contributed by atoms with Gasteiger partial charge in [0, 0.05) is 5.88 Å². The second-order valence-corrected chi connectivity index (χ2v) is 3.77. The molecule has 3 nitrogen and oxygen atoms in total. The Labute approximate surface area is 97.5 Å². The zero-order valence-corrected chi connectivity index (χ0v) is 9.19. The van der Waals surface area contributed by atoms with Gasteiger partial charge in [-0.15, -0.1) is 11.6 Å². The second kappa shape index (κ2) is 5.94. The number of halogens is 2. The number of hydrogen-bond acceptors (Lipinski definition) is 3. The predicted molar refractivity (Wildman–Crippen MR) is 58.1 cm³/mol. The van der Waals surface area contributed by atoms with Crippen LogP contribution in [0.1, 0.15) is 28.4 Å². The average molecular weight is 247 g/mol. The largest absolute Gasteiger partial charge is 0.390 e. The minimum Gasteiger partial charge on any atom is -0.390 e. The second-order valence-electron chi connectivity index (χ2n) is 3.39. The maximum absolute atomic E-state index is 13.0. The van der Waals surface area contributed by atoms with Crippen molar-refractivity contribution in [2.45, 2.75) is 18.6 Å². The first-order chi connectivity index (χ1) is 7.60. The van der Waals surface area contributed by atoms with Gasteiger partial charge >= 0.3 is 0 Å². The van der Waals surface area contributed by atoms with Crippen LogP contribution < -0.4 is 0 Å². The molecule has 0 fully saturated rings. The number of aliphatic hydroxyl groups is 2. The Hall–Kier alpha value is -0.970. The van der Waals surface area contributed by atoms with E-state index in [-0.39, 0.29) is 17.9 Å². The van der Waals surface area contributed by atoms with Gasteiger partial charge in [-0.3, -0.25) is 4.79 Å². The number of benzene rings is 1. The van der Waals surface area contributed by atoms with Crippen LogP contribution in [0.5, 0.6) is 0 Å². The first-order valence-corrected chi connectivity index (χ1v) is 5.30. The Morgan fingerprint density at radius 3 is 2.69 bits per heavy atom. The Kier molecular flexibility index (Phi) is 4.86. The summed E-state index contributed by atoms with van der Waals surface area (Å²) in [7, 11) is 0. The third kappa shape index (κ3) is 3.01. The van der Waals surface area contributed by atoms with E-state index < -0.39 is 18.0 Å². The highest BCUT2D eigenvalue weighted by Gasteiger charge is 2.18.